The molecule has 1 fully saturated rings. The molecule has 0 aromatic carbocycles. The number of hydrogen-bond donors (Lipinski definition) is 1. The molecule has 0 aliphatic carbocycles. The van der Waals surface area contributed by atoms with Crippen molar-refractivity contribution in [1.29, 1.82) is 0 Å². The Labute approximate surface area is 108 Å². The lowest BCUT2D eigenvalue weighted by molar-refractivity contribution is 0.0815. The maximum absolute atomic E-state index is 4.73. The predicted molar refractivity (Wildman–Crippen MR) is 73.6 cm³/mol. The number of nitrogens with one attached hydrogen (secondary N) is 1. The third-order valence-corrected chi connectivity index (χ3v) is 4.58. The van der Waals surface area contributed by atoms with E-state index < -0.39 is 0 Å². The average molecular weight is 253 g/mol. The third kappa shape index (κ3) is 3.06. The first-order valence-corrected chi connectivity index (χ1v) is 7.27. The Balaban J connectivity index is 2.04. The maximum Gasteiger partial charge on any atom is 0.0954 e. The van der Waals surface area contributed by atoms with Crippen molar-refractivity contribution in [3.8, 4) is 0 Å². The molecule has 0 saturated carbocycles. The molecule has 3 nitrogen and oxygen atoms in total. The van der Waals surface area contributed by atoms with E-state index in [0.717, 1.165) is 26.2 Å². The molecule has 2 heterocycles. The van der Waals surface area contributed by atoms with Crippen LogP contribution in [0.15, 0.2) is 5.38 Å². The van der Waals surface area contributed by atoms with Crippen molar-refractivity contribution in [3.63, 3.8) is 0 Å². The highest BCUT2D eigenvalue weighted by Gasteiger charge is 2.29. The fourth-order valence-electron chi connectivity index (χ4n) is 2.17. The zero-order valence-electron chi connectivity index (χ0n) is 11.3. The van der Waals surface area contributed by atoms with Crippen molar-refractivity contribution in [1.82, 2.24) is 15.2 Å². The van der Waals surface area contributed by atoms with Crippen LogP contribution in [0, 0.1) is 0 Å². The van der Waals surface area contributed by atoms with E-state index in [1.54, 1.807) is 11.3 Å². The van der Waals surface area contributed by atoms with Gasteiger partial charge in [0.1, 0.15) is 0 Å². The van der Waals surface area contributed by atoms with E-state index >= 15 is 0 Å². The fourth-order valence-corrected chi connectivity index (χ4v) is 3.00. The molecule has 2 rings (SSSR count). The molecule has 1 N–H and O–H groups in total. The number of nitrogens with zero attached hydrogens (tertiary/aromatic N) is 2. The molecule has 0 unspecified atom stereocenters. The van der Waals surface area contributed by atoms with Crippen LogP contribution in [0.2, 0.25) is 0 Å². The van der Waals surface area contributed by atoms with Crippen LogP contribution in [0.3, 0.4) is 0 Å². The Bertz CT molecular complexity index is 370. The molecule has 4 heteroatoms. The predicted octanol–water partition coefficient (Wildman–Crippen LogP) is 2.45. The minimum Gasteiger partial charge on any atom is -0.314 e. The summed E-state index contributed by atoms with van der Waals surface area (Å²) in [7, 11) is 0. The molecule has 1 aromatic heterocycles. The lowest BCUT2D eigenvalue weighted by Gasteiger charge is -2.42. The Hall–Kier alpha value is -0.450. The van der Waals surface area contributed by atoms with Gasteiger partial charge in [0.2, 0.25) is 0 Å². The van der Waals surface area contributed by atoms with Crippen LogP contribution >= 0.6 is 11.3 Å². The zero-order chi connectivity index (χ0) is 12.5. The zero-order valence-corrected chi connectivity index (χ0v) is 12.1. The summed E-state index contributed by atoms with van der Waals surface area (Å²) in [5.74, 6) is 0.546. The van der Waals surface area contributed by atoms with Gasteiger partial charge in [-0.2, -0.15) is 0 Å². The lowest BCUT2D eigenvalue weighted by atomic mass is 10.00. The summed E-state index contributed by atoms with van der Waals surface area (Å²) >= 11 is 1.79. The van der Waals surface area contributed by atoms with Gasteiger partial charge in [0.15, 0.2) is 0 Å². The SMILES string of the molecule is CC(C)c1nc(CN2CCNCC2(C)C)cs1. The molecule has 1 aliphatic rings. The Kier molecular flexibility index (Phi) is 3.85. The van der Waals surface area contributed by atoms with E-state index in [2.05, 4.69) is 43.3 Å². The summed E-state index contributed by atoms with van der Waals surface area (Å²) in [5, 5.41) is 6.93. The molecule has 0 radical (unpaired) electrons. The van der Waals surface area contributed by atoms with Gasteiger partial charge in [-0.15, -0.1) is 11.3 Å². The topological polar surface area (TPSA) is 28.2 Å². The monoisotopic (exact) mass is 253 g/mol. The van der Waals surface area contributed by atoms with Crippen molar-refractivity contribution in [2.24, 2.45) is 0 Å². The van der Waals surface area contributed by atoms with Gasteiger partial charge in [0.25, 0.3) is 0 Å². The summed E-state index contributed by atoms with van der Waals surface area (Å²) in [6.07, 6.45) is 0. The molecule has 0 amide bonds. The molecule has 1 aliphatic heterocycles. The van der Waals surface area contributed by atoms with Crippen LogP contribution in [0.1, 0.15) is 44.3 Å². The summed E-state index contributed by atoms with van der Waals surface area (Å²) in [5.41, 5.74) is 1.47. The van der Waals surface area contributed by atoms with E-state index in [4.69, 9.17) is 4.98 Å². The first-order valence-electron chi connectivity index (χ1n) is 6.39. The molecule has 0 bridgehead atoms. The quantitative estimate of drug-likeness (QED) is 0.897. The van der Waals surface area contributed by atoms with E-state index in [9.17, 15) is 0 Å². The summed E-state index contributed by atoms with van der Waals surface area (Å²) in [6.45, 7) is 13.3. The highest BCUT2D eigenvalue weighted by Crippen LogP contribution is 2.23. The molecule has 1 aromatic rings. The molecule has 96 valence electrons. The van der Waals surface area contributed by atoms with Gasteiger partial charge in [0, 0.05) is 43.0 Å². The van der Waals surface area contributed by atoms with Crippen molar-refractivity contribution in [3.05, 3.63) is 16.1 Å². The highest BCUT2D eigenvalue weighted by molar-refractivity contribution is 7.09. The highest BCUT2D eigenvalue weighted by atomic mass is 32.1. The Morgan fingerprint density at radius 3 is 2.88 bits per heavy atom. The van der Waals surface area contributed by atoms with E-state index in [1.807, 2.05) is 0 Å². The smallest absolute Gasteiger partial charge is 0.0954 e. The molecule has 1 saturated heterocycles. The number of hydrogen-bond acceptors (Lipinski definition) is 4. The van der Waals surface area contributed by atoms with Crippen LogP contribution in [0.25, 0.3) is 0 Å². The van der Waals surface area contributed by atoms with Gasteiger partial charge in [-0.1, -0.05) is 13.8 Å². The Morgan fingerprint density at radius 2 is 2.29 bits per heavy atom. The summed E-state index contributed by atoms with van der Waals surface area (Å²) in [4.78, 5) is 7.26. The largest absolute Gasteiger partial charge is 0.314 e. The lowest BCUT2D eigenvalue weighted by Crippen LogP contribution is -2.57. The standard InChI is InChI=1S/C13H23N3S/c1-10(2)12-15-11(8-17-12)7-16-6-5-14-9-13(16,3)4/h8,10,14H,5-7,9H2,1-4H3. The summed E-state index contributed by atoms with van der Waals surface area (Å²) in [6, 6.07) is 0. The third-order valence-electron chi connectivity index (χ3n) is 3.39. The second-order valence-electron chi connectivity index (χ2n) is 5.74. The van der Waals surface area contributed by atoms with Crippen molar-refractivity contribution in [2.45, 2.75) is 45.7 Å². The molecule has 17 heavy (non-hydrogen) atoms. The second kappa shape index (κ2) is 5.04. The van der Waals surface area contributed by atoms with Gasteiger partial charge in [0.05, 0.1) is 10.7 Å². The molecule has 0 spiro atoms. The molecular formula is C13H23N3S. The normalized spacial score (nSPS) is 21.0. The van der Waals surface area contributed by atoms with Crippen LogP contribution in [0.5, 0.6) is 0 Å². The fraction of sp³-hybridized carbons (Fsp3) is 0.769. The van der Waals surface area contributed by atoms with Gasteiger partial charge < -0.3 is 5.32 Å². The van der Waals surface area contributed by atoms with Gasteiger partial charge >= 0.3 is 0 Å². The van der Waals surface area contributed by atoms with E-state index in [-0.39, 0.29) is 5.54 Å². The van der Waals surface area contributed by atoms with E-state index in [0.29, 0.717) is 5.92 Å². The minimum absolute atomic E-state index is 0.236. The minimum atomic E-state index is 0.236. The second-order valence-corrected chi connectivity index (χ2v) is 6.63. The van der Waals surface area contributed by atoms with Crippen molar-refractivity contribution >= 4 is 11.3 Å². The maximum atomic E-state index is 4.73. The number of thiazole rings is 1. The van der Waals surface area contributed by atoms with Gasteiger partial charge in [-0.25, -0.2) is 4.98 Å². The molecular weight excluding hydrogens is 230 g/mol. The van der Waals surface area contributed by atoms with Crippen molar-refractivity contribution < 1.29 is 0 Å². The van der Waals surface area contributed by atoms with Gasteiger partial charge in [-0.3, -0.25) is 4.90 Å². The number of aromatic nitrogens is 1. The van der Waals surface area contributed by atoms with Crippen LogP contribution in [-0.2, 0) is 6.54 Å². The first-order chi connectivity index (χ1) is 7.99. The van der Waals surface area contributed by atoms with Gasteiger partial charge in [-0.05, 0) is 13.8 Å². The first kappa shape index (κ1) is 13.0. The van der Waals surface area contributed by atoms with Crippen LogP contribution in [-0.4, -0.2) is 35.1 Å². The number of rotatable bonds is 3. The van der Waals surface area contributed by atoms with Crippen molar-refractivity contribution in [2.75, 3.05) is 19.6 Å². The van der Waals surface area contributed by atoms with Crippen LogP contribution < -0.4 is 5.32 Å². The molecule has 0 atom stereocenters. The summed E-state index contributed by atoms with van der Waals surface area (Å²) < 4.78 is 0. The Morgan fingerprint density at radius 1 is 1.53 bits per heavy atom. The van der Waals surface area contributed by atoms with E-state index in [1.165, 1.54) is 10.7 Å². The number of piperazine rings is 1. The van der Waals surface area contributed by atoms with Crippen LogP contribution in [0.4, 0.5) is 0 Å². The average Bonchev–Trinajstić information content (AvgIpc) is 2.70.